The van der Waals surface area contributed by atoms with Gasteiger partial charge in [0.15, 0.2) is 0 Å². The van der Waals surface area contributed by atoms with Gasteiger partial charge in [0.1, 0.15) is 37.6 Å². The minimum Gasteiger partial charge on any atom is -0.460 e. The molecule has 9 nitrogen and oxygen atoms in total. The lowest BCUT2D eigenvalue weighted by molar-refractivity contribution is -0.291. The molecule has 4 saturated carbocycles. The summed E-state index contributed by atoms with van der Waals surface area (Å²) in [4.78, 5) is 78.2. The van der Waals surface area contributed by atoms with E-state index in [1.165, 1.54) is 0 Å². The molecule has 0 bridgehead atoms. The highest BCUT2D eigenvalue weighted by molar-refractivity contribution is 5.99. The first-order valence-corrected chi connectivity index (χ1v) is 22.8. The van der Waals surface area contributed by atoms with E-state index in [2.05, 4.69) is 13.5 Å². The number of ketones is 1. The van der Waals surface area contributed by atoms with E-state index in [1.807, 2.05) is 135 Å². The highest BCUT2D eigenvalue weighted by Crippen LogP contribution is 2.85. The Hall–Kier alpha value is -5.83. The molecule has 4 fully saturated rings. The number of Topliss-reactive ketones (excluding diaryl/α,β-unsaturated/α-hetero) is 1. The minimum absolute atomic E-state index is 0.0153. The van der Waals surface area contributed by atoms with E-state index in [1.54, 1.807) is 0 Å². The molecule has 4 aliphatic rings. The second-order valence-corrected chi connectivity index (χ2v) is 19.3. The molecule has 0 spiro atoms. The van der Waals surface area contributed by atoms with Crippen molar-refractivity contribution < 1.29 is 42.9 Å². The van der Waals surface area contributed by atoms with E-state index < -0.39 is 56.4 Å². The highest BCUT2D eigenvalue weighted by atomic mass is 16.6. The van der Waals surface area contributed by atoms with Crippen LogP contribution in [0.4, 0.5) is 0 Å². The van der Waals surface area contributed by atoms with Gasteiger partial charge in [-0.05, 0) is 91.9 Å². The Morgan fingerprint density at radius 2 is 0.938 bits per heavy atom. The van der Waals surface area contributed by atoms with Gasteiger partial charge in [-0.2, -0.15) is 0 Å². The van der Waals surface area contributed by atoms with Crippen LogP contribution < -0.4 is 0 Å². The number of hydrogen-bond acceptors (Lipinski definition) is 9. The standard InChI is InChI=1S/C55H60O9/c1-39(2)45-27-29-53(47(58)62-36-41-20-11-6-12-21-41)50(45,3)30-32-54(48(59)63-37-42-22-13-7-14-23-42)51(4)28-17-26-44(56)34-52(51,46(57)61-35-40-18-9-5-10-19-40)31-33-55(53,54)49(60)64-38-43-24-15-8-16-25-43/h5-16,18-25,45H,1,17,26-38H2,2-4H3/t45-,50-,51+,52?,53?,54?,55?/m1/s1. The molecular formula is C55H60O9. The lowest BCUT2D eigenvalue weighted by atomic mass is 9.26. The van der Waals surface area contributed by atoms with E-state index in [0.29, 0.717) is 19.3 Å². The number of allylic oxidation sites excluding steroid dienone is 1. The van der Waals surface area contributed by atoms with Gasteiger partial charge in [0, 0.05) is 18.3 Å². The lowest BCUT2D eigenvalue weighted by Crippen LogP contribution is -2.79. The molecule has 0 aliphatic heterocycles. The zero-order chi connectivity index (χ0) is 45.2. The van der Waals surface area contributed by atoms with E-state index in [9.17, 15) is 4.79 Å². The molecule has 4 unspecified atom stereocenters. The molecule has 334 valence electrons. The molecule has 4 aromatic carbocycles. The number of carbonyl (C=O) groups excluding carboxylic acids is 5. The highest BCUT2D eigenvalue weighted by Gasteiger charge is 2.90. The lowest BCUT2D eigenvalue weighted by Gasteiger charge is -2.73. The zero-order valence-electron chi connectivity index (χ0n) is 37.4. The maximum atomic E-state index is 16.4. The summed E-state index contributed by atoms with van der Waals surface area (Å²) in [6.07, 6.45) is 1.50. The molecule has 4 aliphatic carbocycles. The second kappa shape index (κ2) is 17.6. The summed E-state index contributed by atoms with van der Waals surface area (Å²) in [6, 6.07) is 37.4. The van der Waals surface area contributed by atoms with Gasteiger partial charge in [0.25, 0.3) is 0 Å². The monoisotopic (exact) mass is 864 g/mol. The van der Waals surface area contributed by atoms with Crippen LogP contribution in [-0.2, 0) is 69.3 Å². The van der Waals surface area contributed by atoms with E-state index >= 15 is 19.2 Å². The van der Waals surface area contributed by atoms with E-state index in [0.717, 1.165) is 27.8 Å². The Labute approximate surface area is 376 Å². The largest absolute Gasteiger partial charge is 0.460 e. The van der Waals surface area contributed by atoms with Crippen LogP contribution in [0.2, 0.25) is 0 Å². The van der Waals surface area contributed by atoms with Crippen molar-refractivity contribution in [2.75, 3.05) is 0 Å². The molecule has 0 aromatic heterocycles. The molecular weight excluding hydrogens is 805 g/mol. The van der Waals surface area contributed by atoms with Crippen LogP contribution in [0.3, 0.4) is 0 Å². The number of ether oxygens (including phenoxy) is 4. The van der Waals surface area contributed by atoms with Gasteiger partial charge in [0.05, 0.1) is 16.2 Å². The van der Waals surface area contributed by atoms with Crippen LogP contribution in [0.5, 0.6) is 0 Å². The summed E-state index contributed by atoms with van der Waals surface area (Å²) in [5.74, 6) is -2.93. The van der Waals surface area contributed by atoms with Crippen LogP contribution in [0.1, 0.15) is 107 Å². The molecule has 0 saturated heterocycles. The van der Waals surface area contributed by atoms with Crippen molar-refractivity contribution in [2.45, 2.75) is 111 Å². The van der Waals surface area contributed by atoms with Gasteiger partial charge < -0.3 is 18.9 Å². The Balaban J connectivity index is 1.39. The van der Waals surface area contributed by atoms with E-state index in [-0.39, 0.29) is 83.1 Å². The van der Waals surface area contributed by atoms with Crippen LogP contribution in [-0.4, -0.2) is 29.7 Å². The number of carbonyl (C=O) groups is 5. The maximum absolute atomic E-state index is 16.4. The van der Waals surface area contributed by atoms with Gasteiger partial charge in [-0.15, -0.1) is 0 Å². The Morgan fingerprint density at radius 3 is 1.39 bits per heavy atom. The number of fused-ring (bicyclic) bond motifs is 5. The second-order valence-electron chi connectivity index (χ2n) is 19.3. The van der Waals surface area contributed by atoms with Crippen molar-refractivity contribution in [1.82, 2.24) is 0 Å². The van der Waals surface area contributed by atoms with Crippen molar-refractivity contribution in [3.63, 3.8) is 0 Å². The van der Waals surface area contributed by atoms with Crippen LogP contribution in [0, 0.1) is 38.4 Å². The zero-order valence-corrected chi connectivity index (χ0v) is 37.4. The fraction of sp³-hybridized carbons (Fsp3) is 0.436. The maximum Gasteiger partial charge on any atom is 0.314 e. The third kappa shape index (κ3) is 6.92. The molecule has 0 N–H and O–H groups in total. The third-order valence-electron chi connectivity index (χ3n) is 16.5. The van der Waals surface area contributed by atoms with Crippen molar-refractivity contribution >= 4 is 29.7 Å². The first-order chi connectivity index (χ1) is 30.8. The molecule has 0 amide bonds. The molecule has 64 heavy (non-hydrogen) atoms. The predicted molar refractivity (Wildman–Crippen MR) is 240 cm³/mol. The quantitative estimate of drug-likeness (QED) is 0.0734. The summed E-state index contributed by atoms with van der Waals surface area (Å²) >= 11 is 0. The third-order valence-corrected chi connectivity index (χ3v) is 16.5. The minimum atomic E-state index is -1.95. The Morgan fingerprint density at radius 1 is 0.531 bits per heavy atom. The van der Waals surface area contributed by atoms with Crippen molar-refractivity contribution in [3.05, 3.63) is 156 Å². The van der Waals surface area contributed by atoms with Crippen LogP contribution in [0.25, 0.3) is 0 Å². The summed E-state index contributed by atoms with van der Waals surface area (Å²) in [6.45, 7) is 10.0. The average molecular weight is 865 g/mol. The van der Waals surface area contributed by atoms with E-state index in [4.69, 9.17) is 18.9 Å². The number of hydrogen-bond donors (Lipinski definition) is 0. The van der Waals surface area contributed by atoms with Gasteiger partial charge in [-0.25, -0.2) is 0 Å². The van der Waals surface area contributed by atoms with Crippen molar-refractivity contribution in [2.24, 2.45) is 38.4 Å². The summed E-state index contributed by atoms with van der Waals surface area (Å²) in [5.41, 5.74) is -5.63. The summed E-state index contributed by atoms with van der Waals surface area (Å²) in [5, 5.41) is 0. The number of benzene rings is 4. The Kier molecular flexibility index (Phi) is 12.3. The fourth-order valence-electron chi connectivity index (χ4n) is 13.5. The number of rotatable bonds is 13. The smallest absolute Gasteiger partial charge is 0.314 e. The van der Waals surface area contributed by atoms with Gasteiger partial charge in [-0.1, -0.05) is 147 Å². The number of esters is 4. The summed E-state index contributed by atoms with van der Waals surface area (Å²) < 4.78 is 25.9. The van der Waals surface area contributed by atoms with Crippen molar-refractivity contribution in [1.29, 1.82) is 0 Å². The topological polar surface area (TPSA) is 122 Å². The van der Waals surface area contributed by atoms with Crippen LogP contribution >= 0.6 is 0 Å². The molecule has 7 atom stereocenters. The first kappa shape index (κ1) is 44.8. The molecule has 0 heterocycles. The molecule has 4 aromatic rings. The first-order valence-electron chi connectivity index (χ1n) is 22.8. The molecule has 9 heteroatoms. The van der Waals surface area contributed by atoms with Gasteiger partial charge >= 0.3 is 23.9 Å². The van der Waals surface area contributed by atoms with Gasteiger partial charge in [-0.3, -0.25) is 24.0 Å². The Bertz CT molecular complexity index is 2380. The molecule has 8 rings (SSSR count). The van der Waals surface area contributed by atoms with Gasteiger partial charge in [0.2, 0.25) is 0 Å². The summed E-state index contributed by atoms with van der Waals surface area (Å²) in [7, 11) is 0. The average Bonchev–Trinajstić information content (AvgIpc) is 3.57. The SMILES string of the molecule is C=C(C)[C@H]1CCC2(C(=O)OCc3ccccc3)C3(C(=O)OCc4ccccc4)CCC4(C(=O)OCc5ccccc5)CC(=O)CCC[C@]4(C)C3(C(=O)OCc3ccccc3)CC[C@]12C. The van der Waals surface area contributed by atoms with Crippen LogP contribution in [0.15, 0.2) is 133 Å². The predicted octanol–water partition coefficient (Wildman–Crippen LogP) is 10.6. The van der Waals surface area contributed by atoms with Crippen molar-refractivity contribution in [3.8, 4) is 0 Å². The molecule has 0 radical (unpaired) electrons. The fourth-order valence-corrected chi connectivity index (χ4v) is 13.5. The normalized spacial score (nSPS) is 30.6.